The molecule has 0 spiro atoms. The fraction of sp³-hybridized carbons (Fsp3) is 0.462. The van der Waals surface area contributed by atoms with Crippen LogP contribution in [0, 0.1) is 17.7 Å². The Hall–Kier alpha value is -2.26. The summed E-state index contributed by atoms with van der Waals surface area (Å²) in [5.41, 5.74) is 1.61. The summed E-state index contributed by atoms with van der Waals surface area (Å²) in [5.74, 6) is -2.26. The van der Waals surface area contributed by atoms with E-state index in [-0.39, 0.29) is 23.1 Å². The van der Waals surface area contributed by atoms with Crippen LogP contribution in [0.15, 0.2) is 51.8 Å². The number of rotatable bonds is 4. The van der Waals surface area contributed by atoms with Gasteiger partial charge in [0, 0.05) is 16.9 Å². The quantitative estimate of drug-likeness (QED) is 0.582. The van der Waals surface area contributed by atoms with E-state index in [1.165, 1.54) is 18.2 Å². The summed E-state index contributed by atoms with van der Waals surface area (Å²) in [5, 5.41) is 9.30. The fourth-order valence-electron chi connectivity index (χ4n) is 6.43. The van der Waals surface area contributed by atoms with Gasteiger partial charge in [0.2, 0.25) is 5.91 Å². The Labute approximate surface area is 212 Å². The molecule has 0 radical (unpaired) electrons. The van der Waals surface area contributed by atoms with E-state index in [1.807, 2.05) is 18.2 Å². The van der Waals surface area contributed by atoms with E-state index in [2.05, 4.69) is 15.9 Å². The largest absolute Gasteiger partial charge is 0.481 e. The molecule has 1 heterocycles. The number of sulfone groups is 1. The van der Waals surface area contributed by atoms with Crippen LogP contribution in [0.2, 0.25) is 0 Å². The summed E-state index contributed by atoms with van der Waals surface area (Å²) >= 11 is 3.48. The number of amides is 1. The number of nitrogens with zero attached hydrogens (tertiary/aromatic N) is 1. The van der Waals surface area contributed by atoms with Crippen molar-refractivity contribution in [2.45, 2.75) is 60.6 Å². The summed E-state index contributed by atoms with van der Waals surface area (Å²) in [6.45, 7) is 0.298. The molecule has 2 aromatic carbocycles. The minimum Gasteiger partial charge on any atom is -0.481 e. The Balaban J connectivity index is 1.56. The van der Waals surface area contributed by atoms with Crippen molar-refractivity contribution in [2.75, 3.05) is 6.54 Å². The molecule has 5 rings (SSSR count). The van der Waals surface area contributed by atoms with Crippen molar-refractivity contribution < 1.29 is 27.5 Å². The molecule has 2 unspecified atom stereocenters. The first-order valence-electron chi connectivity index (χ1n) is 12.0. The molecule has 2 aromatic rings. The van der Waals surface area contributed by atoms with Gasteiger partial charge in [-0.15, -0.1) is 0 Å². The van der Waals surface area contributed by atoms with Crippen molar-refractivity contribution in [3.63, 3.8) is 0 Å². The van der Waals surface area contributed by atoms with E-state index in [9.17, 15) is 27.5 Å². The van der Waals surface area contributed by atoms with Gasteiger partial charge in [-0.25, -0.2) is 12.8 Å². The number of carboxylic acids is 1. The topological polar surface area (TPSA) is 91.8 Å². The SMILES string of the molecule is O=C(O)[C@H]1CC[C@H](C(=O)N2CCC3(S(=O)(=O)c4cccc(F)c4)c4ccc(Br)cc4CCC23)CC1. The molecule has 186 valence electrons. The van der Waals surface area contributed by atoms with E-state index in [1.54, 1.807) is 4.90 Å². The summed E-state index contributed by atoms with van der Waals surface area (Å²) in [4.78, 5) is 26.7. The third-order valence-corrected chi connectivity index (χ3v) is 11.2. The molecule has 1 N–H and O–H groups in total. The zero-order chi connectivity index (χ0) is 25.0. The van der Waals surface area contributed by atoms with Crippen molar-refractivity contribution in [3.8, 4) is 0 Å². The third-order valence-electron chi connectivity index (χ3n) is 8.14. The number of fused-ring (bicyclic) bond motifs is 3. The van der Waals surface area contributed by atoms with Crippen LogP contribution >= 0.6 is 15.9 Å². The lowest BCUT2D eigenvalue weighted by Crippen LogP contribution is -2.53. The second kappa shape index (κ2) is 9.00. The number of halogens is 2. The molecule has 1 amide bonds. The highest BCUT2D eigenvalue weighted by Crippen LogP contribution is 2.53. The maximum atomic E-state index is 14.3. The van der Waals surface area contributed by atoms with Crippen molar-refractivity contribution >= 4 is 37.6 Å². The molecule has 35 heavy (non-hydrogen) atoms. The number of aliphatic carboxylic acids is 1. The standard InChI is InChI=1S/C26H27BrFNO5S/c27-19-9-10-22-18(14-19)8-11-23-26(22,35(33,34)21-3-1-2-20(28)15-21)12-13-29(23)24(30)16-4-6-17(7-5-16)25(31)32/h1-3,9-10,14-17,23H,4-8,11-13H2,(H,31,32)/t16-,17-,23?,26?. The first-order chi connectivity index (χ1) is 16.6. The van der Waals surface area contributed by atoms with Crippen LogP contribution < -0.4 is 0 Å². The number of carboxylic acid groups (broad SMARTS) is 1. The molecule has 1 saturated carbocycles. The minimum atomic E-state index is -4.05. The zero-order valence-corrected chi connectivity index (χ0v) is 21.5. The van der Waals surface area contributed by atoms with E-state index in [0.717, 1.165) is 16.1 Å². The molecule has 2 fully saturated rings. The first kappa shape index (κ1) is 24.4. The lowest BCUT2D eigenvalue weighted by Gasteiger charge is -2.43. The molecule has 0 aromatic heterocycles. The van der Waals surface area contributed by atoms with Gasteiger partial charge >= 0.3 is 5.97 Å². The lowest BCUT2D eigenvalue weighted by molar-refractivity contribution is -0.146. The monoisotopic (exact) mass is 563 g/mol. The average molecular weight is 564 g/mol. The number of hydrogen-bond acceptors (Lipinski definition) is 4. The van der Waals surface area contributed by atoms with Crippen molar-refractivity contribution in [2.24, 2.45) is 11.8 Å². The van der Waals surface area contributed by atoms with E-state index in [0.29, 0.717) is 50.6 Å². The Morgan fingerprint density at radius 1 is 1.03 bits per heavy atom. The average Bonchev–Trinajstić information content (AvgIpc) is 3.25. The highest BCUT2D eigenvalue weighted by atomic mass is 79.9. The van der Waals surface area contributed by atoms with Gasteiger partial charge in [0.15, 0.2) is 9.84 Å². The van der Waals surface area contributed by atoms with Crippen LogP contribution in [0.3, 0.4) is 0 Å². The van der Waals surface area contributed by atoms with Gasteiger partial charge in [-0.2, -0.15) is 0 Å². The Morgan fingerprint density at radius 2 is 1.74 bits per heavy atom. The van der Waals surface area contributed by atoms with Crippen molar-refractivity contribution in [3.05, 3.63) is 63.9 Å². The van der Waals surface area contributed by atoms with Crippen LogP contribution in [-0.4, -0.2) is 42.9 Å². The molecule has 9 heteroatoms. The van der Waals surface area contributed by atoms with Crippen LogP contribution in [0.4, 0.5) is 4.39 Å². The highest BCUT2D eigenvalue weighted by Gasteiger charge is 2.61. The Kier molecular flexibility index (Phi) is 6.28. The number of likely N-dealkylation sites (tertiary alicyclic amines) is 1. The number of hydrogen-bond donors (Lipinski definition) is 1. The smallest absolute Gasteiger partial charge is 0.306 e. The van der Waals surface area contributed by atoms with Gasteiger partial charge in [0.1, 0.15) is 10.6 Å². The van der Waals surface area contributed by atoms with Gasteiger partial charge in [0.05, 0.1) is 16.9 Å². The number of aryl methyl sites for hydroxylation is 1. The van der Waals surface area contributed by atoms with Gasteiger partial charge in [-0.1, -0.05) is 28.1 Å². The fourth-order valence-corrected chi connectivity index (χ4v) is 9.23. The molecule has 2 atom stereocenters. The number of carbonyl (C=O) groups is 2. The normalized spacial score (nSPS) is 28.3. The molecule has 1 aliphatic heterocycles. The Morgan fingerprint density at radius 3 is 2.43 bits per heavy atom. The van der Waals surface area contributed by atoms with Crippen LogP contribution in [0.1, 0.15) is 49.7 Å². The predicted octanol–water partition coefficient (Wildman–Crippen LogP) is 4.70. The third kappa shape index (κ3) is 3.91. The Bertz CT molecular complexity index is 1290. The predicted molar refractivity (Wildman–Crippen MR) is 131 cm³/mol. The molecule has 1 saturated heterocycles. The van der Waals surface area contributed by atoms with E-state index < -0.39 is 38.3 Å². The van der Waals surface area contributed by atoms with Gasteiger partial charge < -0.3 is 10.0 Å². The summed E-state index contributed by atoms with van der Waals surface area (Å²) in [6, 6.07) is 10.1. The number of carbonyl (C=O) groups excluding carboxylic acids is 1. The molecular weight excluding hydrogens is 537 g/mol. The first-order valence-corrected chi connectivity index (χ1v) is 14.2. The number of benzene rings is 2. The maximum absolute atomic E-state index is 14.3. The molecule has 0 bridgehead atoms. The highest BCUT2D eigenvalue weighted by molar-refractivity contribution is 9.10. The van der Waals surface area contributed by atoms with Crippen molar-refractivity contribution in [1.29, 1.82) is 0 Å². The summed E-state index contributed by atoms with van der Waals surface area (Å²) < 4.78 is 42.2. The molecule has 2 aliphatic carbocycles. The van der Waals surface area contributed by atoms with Gasteiger partial charge in [0.25, 0.3) is 0 Å². The molecular formula is C26H27BrFNO5S. The lowest BCUT2D eigenvalue weighted by atomic mass is 9.78. The van der Waals surface area contributed by atoms with Gasteiger partial charge in [-0.3, -0.25) is 9.59 Å². The van der Waals surface area contributed by atoms with Gasteiger partial charge in [-0.05, 0) is 86.4 Å². The van der Waals surface area contributed by atoms with Crippen LogP contribution in [-0.2, 0) is 30.6 Å². The second-order valence-corrected chi connectivity index (χ2v) is 13.0. The summed E-state index contributed by atoms with van der Waals surface area (Å²) in [7, 11) is -4.05. The molecule has 3 aliphatic rings. The van der Waals surface area contributed by atoms with E-state index in [4.69, 9.17) is 0 Å². The van der Waals surface area contributed by atoms with Crippen LogP contribution in [0.5, 0.6) is 0 Å². The van der Waals surface area contributed by atoms with E-state index >= 15 is 0 Å². The van der Waals surface area contributed by atoms with Crippen molar-refractivity contribution in [1.82, 2.24) is 4.90 Å². The summed E-state index contributed by atoms with van der Waals surface area (Å²) in [6.07, 6.45) is 3.26. The maximum Gasteiger partial charge on any atom is 0.306 e. The zero-order valence-electron chi connectivity index (χ0n) is 19.1. The molecule has 6 nitrogen and oxygen atoms in total. The minimum absolute atomic E-state index is 0.0745. The van der Waals surface area contributed by atoms with Crippen LogP contribution in [0.25, 0.3) is 0 Å². The second-order valence-electron chi connectivity index (χ2n) is 9.87.